The van der Waals surface area contributed by atoms with Crippen molar-refractivity contribution in [2.45, 2.75) is 64.8 Å². The molecule has 2 N–H and O–H groups in total. The number of aromatic amines is 1. The number of amides is 1. The molecule has 34 heavy (non-hydrogen) atoms. The van der Waals surface area contributed by atoms with Gasteiger partial charge < -0.3 is 15.1 Å². The lowest BCUT2D eigenvalue weighted by Crippen LogP contribution is -2.59. The standard InChI is InChI=1S/C26H37N7O/c1-4-23(34)33-16-26(17-33)10-12-32(15-26)25-29-22-8-6-5-7-21(22)24(30-25)28-20(13-18(2)3)14-19-9-11-27-31-19/h4,9,11,18,20H,1,5-8,10,12-17H2,2-3H3,(H,27,31)(H,28,29,30). The normalized spacial score (nSPS) is 19.7. The third-order valence-corrected chi connectivity index (χ3v) is 7.55. The second-order valence-corrected chi connectivity index (χ2v) is 10.8. The van der Waals surface area contributed by atoms with Crippen LogP contribution in [0.4, 0.5) is 11.8 Å². The number of nitrogens with one attached hydrogen (secondary N) is 2. The minimum atomic E-state index is 0.0362. The maximum absolute atomic E-state index is 11.9. The van der Waals surface area contributed by atoms with Crippen LogP contribution in [0.3, 0.4) is 0 Å². The molecule has 0 bridgehead atoms. The van der Waals surface area contributed by atoms with E-state index in [2.05, 4.69) is 46.9 Å². The van der Waals surface area contributed by atoms with Crippen molar-refractivity contribution in [1.82, 2.24) is 25.1 Å². The summed E-state index contributed by atoms with van der Waals surface area (Å²) in [4.78, 5) is 26.3. The van der Waals surface area contributed by atoms with E-state index in [1.807, 2.05) is 11.1 Å². The van der Waals surface area contributed by atoms with Crippen LogP contribution in [0.15, 0.2) is 24.9 Å². The molecule has 1 amide bonds. The summed E-state index contributed by atoms with van der Waals surface area (Å²) in [7, 11) is 0. The molecule has 8 nitrogen and oxygen atoms in total. The molecule has 5 rings (SSSR count). The fourth-order valence-electron chi connectivity index (χ4n) is 5.87. The van der Waals surface area contributed by atoms with Crippen molar-refractivity contribution in [3.63, 3.8) is 0 Å². The number of aryl methyl sites for hydroxylation is 1. The molecule has 0 saturated carbocycles. The van der Waals surface area contributed by atoms with Crippen molar-refractivity contribution < 1.29 is 4.79 Å². The Morgan fingerprint density at radius 2 is 2.09 bits per heavy atom. The van der Waals surface area contributed by atoms with E-state index in [1.54, 1.807) is 0 Å². The molecule has 182 valence electrons. The summed E-state index contributed by atoms with van der Waals surface area (Å²) in [6.45, 7) is 11.6. The zero-order chi connectivity index (χ0) is 23.7. The van der Waals surface area contributed by atoms with Crippen molar-refractivity contribution in [2.75, 3.05) is 36.4 Å². The Balaban J connectivity index is 1.36. The van der Waals surface area contributed by atoms with Gasteiger partial charge in [0.2, 0.25) is 11.9 Å². The number of hydrogen-bond acceptors (Lipinski definition) is 6. The van der Waals surface area contributed by atoms with Crippen molar-refractivity contribution in [1.29, 1.82) is 0 Å². The maximum atomic E-state index is 11.9. The molecule has 3 aliphatic rings. The molecule has 2 aromatic heterocycles. The average Bonchev–Trinajstić information content (AvgIpc) is 3.47. The van der Waals surface area contributed by atoms with Crippen LogP contribution in [0, 0.1) is 11.3 Å². The van der Waals surface area contributed by atoms with Crippen molar-refractivity contribution in [3.05, 3.63) is 41.9 Å². The molecular weight excluding hydrogens is 426 g/mol. The number of nitrogens with zero attached hydrogens (tertiary/aromatic N) is 5. The van der Waals surface area contributed by atoms with Gasteiger partial charge in [0.25, 0.3) is 0 Å². The number of aromatic nitrogens is 4. The zero-order valence-corrected chi connectivity index (χ0v) is 20.5. The summed E-state index contributed by atoms with van der Waals surface area (Å²) >= 11 is 0. The van der Waals surface area contributed by atoms with E-state index in [1.165, 1.54) is 30.2 Å². The lowest BCUT2D eigenvalue weighted by Gasteiger charge is -2.47. The summed E-state index contributed by atoms with van der Waals surface area (Å²) in [6, 6.07) is 2.34. The number of rotatable bonds is 8. The van der Waals surface area contributed by atoms with Gasteiger partial charge in [-0.2, -0.15) is 10.1 Å². The highest BCUT2D eigenvalue weighted by atomic mass is 16.2. The van der Waals surface area contributed by atoms with Gasteiger partial charge in [0.05, 0.1) is 5.69 Å². The van der Waals surface area contributed by atoms with Crippen LogP contribution in [0.25, 0.3) is 0 Å². The minimum absolute atomic E-state index is 0.0362. The van der Waals surface area contributed by atoms with Crippen LogP contribution >= 0.6 is 0 Å². The second-order valence-electron chi connectivity index (χ2n) is 10.8. The van der Waals surface area contributed by atoms with Gasteiger partial charge in [-0.25, -0.2) is 4.98 Å². The number of carbonyl (C=O) groups is 1. The zero-order valence-electron chi connectivity index (χ0n) is 20.5. The highest BCUT2D eigenvalue weighted by molar-refractivity contribution is 5.87. The van der Waals surface area contributed by atoms with E-state index >= 15 is 0 Å². The third kappa shape index (κ3) is 4.68. The van der Waals surface area contributed by atoms with Crippen molar-refractivity contribution >= 4 is 17.7 Å². The van der Waals surface area contributed by atoms with Crippen LogP contribution in [-0.2, 0) is 24.1 Å². The Kier molecular flexibility index (Phi) is 6.32. The van der Waals surface area contributed by atoms with Crippen LogP contribution in [0.5, 0.6) is 0 Å². The third-order valence-electron chi connectivity index (χ3n) is 7.55. The molecule has 8 heteroatoms. The fourth-order valence-corrected chi connectivity index (χ4v) is 5.87. The van der Waals surface area contributed by atoms with E-state index in [4.69, 9.17) is 9.97 Å². The highest BCUT2D eigenvalue weighted by Gasteiger charge is 2.49. The molecule has 1 aliphatic carbocycles. The molecule has 2 saturated heterocycles. The maximum Gasteiger partial charge on any atom is 0.245 e. The lowest BCUT2D eigenvalue weighted by atomic mass is 9.79. The first kappa shape index (κ1) is 22.9. The van der Waals surface area contributed by atoms with Gasteiger partial charge in [-0.15, -0.1) is 0 Å². The van der Waals surface area contributed by atoms with Gasteiger partial charge >= 0.3 is 0 Å². The van der Waals surface area contributed by atoms with E-state index < -0.39 is 0 Å². The van der Waals surface area contributed by atoms with E-state index in [9.17, 15) is 4.79 Å². The summed E-state index contributed by atoms with van der Waals surface area (Å²) in [6.07, 6.45) is 10.7. The summed E-state index contributed by atoms with van der Waals surface area (Å²) in [5.74, 6) is 2.48. The van der Waals surface area contributed by atoms with Gasteiger partial charge in [-0.3, -0.25) is 9.89 Å². The fraction of sp³-hybridized carbons (Fsp3) is 0.615. The molecule has 1 atom stereocenters. The number of carbonyl (C=O) groups excluding carboxylic acids is 1. The molecule has 1 unspecified atom stereocenters. The molecule has 2 aliphatic heterocycles. The Morgan fingerprint density at radius 3 is 2.82 bits per heavy atom. The SMILES string of the molecule is C=CC(=O)N1CC2(CCN(c3nc4c(c(NC(Cc5ccn[nH]5)CC(C)C)n3)CCCC4)C2)C1. The monoisotopic (exact) mass is 463 g/mol. The predicted octanol–water partition coefficient (Wildman–Crippen LogP) is 3.37. The molecule has 0 aromatic carbocycles. The quantitative estimate of drug-likeness (QED) is 0.584. The number of anilines is 2. The van der Waals surface area contributed by atoms with E-state index in [0.717, 1.165) is 75.7 Å². The Hall–Kier alpha value is -2.90. The first-order valence-electron chi connectivity index (χ1n) is 12.8. The lowest BCUT2D eigenvalue weighted by molar-refractivity contribution is -0.136. The number of fused-ring (bicyclic) bond motifs is 1. The van der Waals surface area contributed by atoms with Crippen LogP contribution in [0.2, 0.25) is 0 Å². The van der Waals surface area contributed by atoms with Crippen LogP contribution in [0.1, 0.15) is 56.5 Å². The van der Waals surface area contributed by atoms with Crippen molar-refractivity contribution in [2.24, 2.45) is 11.3 Å². The number of H-pyrrole nitrogens is 1. The Bertz CT molecular complexity index is 1030. The summed E-state index contributed by atoms with van der Waals surface area (Å²) in [5, 5.41) is 11.1. The summed E-state index contributed by atoms with van der Waals surface area (Å²) in [5.41, 5.74) is 3.83. The molecular formula is C26H37N7O. The first-order chi connectivity index (χ1) is 16.4. The van der Waals surface area contributed by atoms with Crippen LogP contribution in [-0.4, -0.2) is 63.2 Å². The van der Waals surface area contributed by atoms with Crippen molar-refractivity contribution in [3.8, 4) is 0 Å². The first-order valence-corrected chi connectivity index (χ1v) is 12.8. The molecule has 2 aromatic rings. The largest absolute Gasteiger partial charge is 0.367 e. The van der Waals surface area contributed by atoms with E-state index in [0.29, 0.717) is 5.92 Å². The number of likely N-dealkylation sites (tertiary alicyclic amines) is 1. The second kappa shape index (κ2) is 9.39. The topological polar surface area (TPSA) is 90.0 Å². The summed E-state index contributed by atoms with van der Waals surface area (Å²) < 4.78 is 0. The molecule has 4 heterocycles. The van der Waals surface area contributed by atoms with Gasteiger partial charge in [0.15, 0.2) is 0 Å². The minimum Gasteiger partial charge on any atom is -0.367 e. The molecule has 0 radical (unpaired) electrons. The molecule has 2 fully saturated rings. The Labute approximate surface area is 202 Å². The van der Waals surface area contributed by atoms with Gasteiger partial charge in [0, 0.05) is 61.5 Å². The van der Waals surface area contributed by atoms with Gasteiger partial charge in [0.1, 0.15) is 5.82 Å². The number of hydrogen-bond donors (Lipinski definition) is 2. The average molecular weight is 464 g/mol. The van der Waals surface area contributed by atoms with Gasteiger partial charge in [-0.05, 0) is 56.6 Å². The Morgan fingerprint density at radius 1 is 1.26 bits per heavy atom. The smallest absolute Gasteiger partial charge is 0.245 e. The van der Waals surface area contributed by atoms with Crippen LogP contribution < -0.4 is 10.2 Å². The van der Waals surface area contributed by atoms with Gasteiger partial charge in [-0.1, -0.05) is 20.4 Å². The molecule has 1 spiro atoms. The van der Waals surface area contributed by atoms with E-state index in [-0.39, 0.29) is 17.4 Å². The predicted molar refractivity (Wildman–Crippen MR) is 134 cm³/mol. The highest BCUT2D eigenvalue weighted by Crippen LogP contribution is 2.41.